The van der Waals surface area contributed by atoms with Gasteiger partial charge in [-0.1, -0.05) is 27.7 Å². The topological polar surface area (TPSA) is 221 Å². The predicted molar refractivity (Wildman–Crippen MR) is 184 cm³/mol. The molecule has 15 nitrogen and oxygen atoms in total. The van der Waals surface area contributed by atoms with Gasteiger partial charge in [-0.25, -0.2) is 4.79 Å². The summed E-state index contributed by atoms with van der Waals surface area (Å²) >= 11 is 0. The van der Waals surface area contributed by atoms with Gasteiger partial charge < -0.3 is 37.2 Å². The number of imide groups is 2. The minimum atomic E-state index is -1.27. The highest BCUT2D eigenvalue weighted by Crippen LogP contribution is 2.17. The second-order valence-electron chi connectivity index (χ2n) is 10.9. The summed E-state index contributed by atoms with van der Waals surface area (Å²) in [5.41, 5.74) is 12.7. The van der Waals surface area contributed by atoms with Crippen LogP contribution >= 0.6 is 0 Å². The van der Waals surface area contributed by atoms with Crippen molar-refractivity contribution in [1.29, 1.82) is 0 Å². The van der Waals surface area contributed by atoms with Crippen LogP contribution in [0.2, 0.25) is 0 Å². The first kappa shape index (κ1) is 39.3. The zero-order valence-corrected chi connectivity index (χ0v) is 28.2. The molecule has 1 saturated heterocycles. The van der Waals surface area contributed by atoms with Gasteiger partial charge in [0.05, 0.1) is 0 Å². The number of carbonyl (C=O) groups is 6. The molecule has 262 valence electrons. The molecule has 0 aliphatic carbocycles. The standard InChI is InChI=1S/C29H44N6O3.C4H5N3O3/c1-5-34(6-2)17-9-15-31-27(36)23-19-24(28(37)32-16-10-18-35(7-3)8-4)21-26(20-23)33-29(38)22-11-13-25(30)14-12-22;5-1-2(8)6-4(10)7-3(1)9/h11-14,19-21H,5-10,15-18,30H2,1-4H3,(H,31,36)(H,32,37)(H,33,38);1H,5H2,(H2,6,7,8,9,10). The molecule has 2 aromatic rings. The first-order chi connectivity index (χ1) is 22.9. The molecule has 1 aliphatic rings. The van der Waals surface area contributed by atoms with Crippen molar-refractivity contribution in [2.75, 3.05) is 63.4 Å². The van der Waals surface area contributed by atoms with E-state index in [2.05, 4.69) is 53.4 Å². The molecule has 15 heteroatoms. The van der Waals surface area contributed by atoms with E-state index in [1.165, 1.54) is 0 Å². The lowest BCUT2D eigenvalue weighted by molar-refractivity contribution is -0.131. The van der Waals surface area contributed by atoms with E-state index < -0.39 is 23.9 Å². The summed E-state index contributed by atoms with van der Waals surface area (Å²) in [6.45, 7) is 15.1. The average molecular weight is 668 g/mol. The molecule has 0 saturated carbocycles. The number of nitrogen functional groups attached to an aromatic ring is 1. The van der Waals surface area contributed by atoms with Crippen LogP contribution in [0, 0.1) is 0 Å². The van der Waals surface area contributed by atoms with E-state index in [-0.39, 0.29) is 17.7 Å². The molecule has 0 bridgehead atoms. The Kier molecular flexibility index (Phi) is 16.7. The van der Waals surface area contributed by atoms with Crippen molar-refractivity contribution in [3.8, 4) is 0 Å². The van der Waals surface area contributed by atoms with Gasteiger partial charge in [0.15, 0.2) is 6.04 Å². The maximum absolute atomic E-state index is 13.0. The van der Waals surface area contributed by atoms with Crippen LogP contribution < -0.4 is 38.1 Å². The number of nitrogens with one attached hydrogen (secondary N) is 5. The molecule has 0 unspecified atom stereocenters. The maximum atomic E-state index is 13.0. The van der Waals surface area contributed by atoms with Crippen molar-refractivity contribution < 1.29 is 28.8 Å². The van der Waals surface area contributed by atoms with Crippen molar-refractivity contribution in [1.82, 2.24) is 31.1 Å². The van der Waals surface area contributed by atoms with Crippen LogP contribution in [-0.4, -0.2) is 104 Å². The zero-order valence-electron chi connectivity index (χ0n) is 28.2. The van der Waals surface area contributed by atoms with Crippen molar-refractivity contribution >= 4 is 46.9 Å². The van der Waals surface area contributed by atoms with Gasteiger partial charge in [0, 0.05) is 41.2 Å². The summed E-state index contributed by atoms with van der Waals surface area (Å²) in [5.74, 6) is -2.47. The monoisotopic (exact) mass is 667 g/mol. The SMILES string of the molecule is CCN(CC)CCCNC(=O)c1cc(NC(=O)c2ccc(N)cc2)cc(C(=O)NCCCN(CC)CC)c1.NC1C(=O)NC(=O)NC1=O. The first-order valence-electron chi connectivity index (χ1n) is 16.2. The molecular weight excluding hydrogens is 618 g/mol. The number of carbonyl (C=O) groups excluding carboxylic acids is 6. The van der Waals surface area contributed by atoms with E-state index >= 15 is 0 Å². The van der Waals surface area contributed by atoms with E-state index in [0.717, 1.165) is 52.1 Å². The lowest BCUT2D eigenvalue weighted by Gasteiger charge is -2.18. The Labute approximate surface area is 281 Å². The maximum Gasteiger partial charge on any atom is 0.328 e. The van der Waals surface area contributed by atoms with Gasteiger partial charge in [0.1, 0.15) is 0 Å². The highest BCUT2D eigenvalue weighted by Gasteiger charge is 2.30. The fourth-order valence-electron chi connectivity index (χ4n) is 4.62. The van der Waals surface area contributed by atoms with Crippen molar-refractivity contribution in [3.05, 3.63) is 59.2 Å². The Bertz CT molecular complexity index is 1340. The second kappa shape index (κ2) is 20.4. The van der Waals surface area contributed by atoms with Gasteiger partial charge in [-0.05, 0) is 94.6 Å². The number of nitrogens with zero attached hydrogens (tertiary/aromatic N) is 2. The number of hydrogen-bond acceptors (Lipinski definition) is 10. The van der Waals surface area contributed by atoms with E-state index in [9.17, 15) is 28.8 Å². The minimum absolute atomic E-state index is 0.288. The van der Waals surface area contributed by atoms with Crippen LogP contribution in [0.1, 0.15) is 71.6 Å². The molecule has 2 aromatic carbocycles. The van der Waals surface area contributed by atoms with Crippen LogP contribution in [0.3, 0.4) is 0 Å². The van der Waals surface area contributed by atoms with Gasteiger partial charge in [-0.2, -0.15) is 0 Å². The molecule has 0 atom stereocenters. The lowest BCUT2D eigenvalue weighted by atomic mass is 10.1. The third-order valence-electron chi connectivity index (χ3n) is 7.59. The second-order valence-corrected chi connectivity index (χ2v) is 10.9. The van der Waals surface area contributed by atoms with Crippen LogP contribution in [0.25, 0.3) is 0 Å². The number of hydrogen-bond donors (Lipinski definition) is 7. The quantitative estimate of drug-likeness (QED) is 0.0768. The Hall–Kier alpha value is -4.86. The van der Waals surface area contributed by atoms with E-state index in [1.54, 1.807) is 42.5 Å². The van der Waals surface area contributed by atoms with E-state index in [4.69, 9.17) is 11.5 Å². The summed E-state index contributed by atoms with van der Waals surface area (Å²) in [6, 6.07) is 9.20. The summed E-state index contributed by atoms with van der Waals surface area (Å²) in [7, 11) is 0. The summed E-state index contributed by atoms with van der Waals surface area (Å²) in [6.07, 6.45) is 1.64. The third-order valence-corrected chi connectivity index (χ3v) is 7.59. The van der Waals surface area contributed by atoms with Crippen molar-refractivity contribution in [3.63, 3.8) is 0 Å². The van der Waals surface area contributed by atoms with Gasteiger partial charge in [0.2, 0.25) is 0 Å². The highest BCUT2D eigenvalue weighted by atomic mass is 16.2. The van der Waals surface area contributed by atoms with Crippen LogP contribution in [0.4, 0.5) is 16.2 Å². The average Bonchev–Trinajstić information content (AvgIpc) is 3.07. The first-order valence-corrected chi connectivity index (χ1v) is 16.2. The molecule has 3 rings (SSSR count). The molecule has 0 spiro atoms. The molecule has 1 aliphatic heterocycles. The fourth-order valence-corrected chi connectivity index (χ4v) is 4.62. The van der Waals surface area contributed by atoms with E-state index in [0.29, 0.717) is 41.2 Å². The Morgan fingerprint density at radius 3 is 1.54 bits per heavy atom. The largest absolute Gasteiger partial charge is 0.399 e. The smallest absolute Gasteiger partial charge is 0.328 e. The minimum Gasteiger partial charge on any atom is -0.399 e. The summed E-state index contributed by atoms with van der Waals surface area (Å²) in [4.78, 5) is 74.6. The molecule has 0 aromatic heterocycles. The number of barbiturate groups is 1. The summed E-state index contributed by atoms with van der Waals surface area (Å²) < 4.78 is 0. The number of urea groups is 1. The number of amides is 7. The van der Waals surface area contributed by atoms with Gasteiger partial charge in [-0.15, -0.1) is 0 Å². The molecular formula is C33H49N9O6. The molecule has 1 fully saturated rings. The summed E-state index contributed by atoms with van der Waals surface area (Å²) in [5, 5.41) is 12.3. The van der Waals surface area contributed by atoms with E-state index in [1.807, 2.05) is 10.6 Å². The van der Waals surface area contributed by atoms with Gasteiger partial charge >= 0.3 is 6.03 Å². The number of rotatable bonds is 16. The highest BCUT2D eigenvalue weighted by molar-refractivity contribution is 6.18. The third kappa shape index (κ3) is 13.1. The normalized spacial score (nSPS) is 12.9. The molecule has 7 amide bonds. The molecule has 0 radical (unpaired) electrons. The Balaban J connectivity index is 0.000000680. The van der Waals surface area contributed by atoms with Crippen molar-refractivity contribution in [2.45, 2.75) is 46.6 Å². The van der Waals surface area contributed by atoms with Crippen LogP contribution in [0.5, 0.6) is 0 Å². The van der Waals surface area contributed by atoms with Gasteiger partial charge in [0.25, 0.3) is 29.5 Å². The van der Waals surface area contributed by atoms with Crippen LogP contribution in [0.15, 0.2) is 42.5 Å². The molecule has 48 heavy (non-hydrogen) atoms. The van der Waals surface area contributed by atoms with Crippen LogP contribution in [-0.2, 0) is 9.59 Å². The molecule has 1 heterocycles. The Morgan fingerprint density at radius 1 is 0.688 bits per heavy atom. The Morgan fingerprint density at radius 2 is 1.12 bits per heavy atom. The zero-order chi connectivity index (χ0) is 35.6. The van der Waals surface area contributed by atoms with Crippen molar-refractivity contribution in [2.24, 2.45) is 5.73 Å². The lowest BCUT2D eigenvalue weighted by Crippen LogP contribution is -2.61. The number of benzene rings is 2. The number of anilines is 2. The predicted octanol–water partition coefficient (Wildman–Crippen LogP) is 1.12. The fraction of sp³-hybridized carbons (Fsp3) is 0.455. The van der Waals surface area contributed by atoms with Gasteiger partial charge in [-0.3, -0.25) is 34.6 Å². The number of nitrogens with two attached hydrogens (primary N) is 2. The molecule has 9 N–H and O–H groups in total.